The van der Waals surface area contributed by atoms with Gasteiger partial charge in [-0.3, -0.25) is 4.90 Å². The van der Waals surface area contributed by atoms with Crippen LogP contribution in [0, 0.1) is 5.92 Å². The van der Waals surface area contributed by atoms with Crippen molar-refractivity contribution in [1.82, 2.24) is 19.5 Å². The van der Waals surface area contributed by atoms with Gasteiger partial charge in [0.05, 0.1) is 10.9 Å². The zero-order chi connectivity index (χ0) is 18.3. The first-order valence-corrected chi connectivity index (χ1v) is 10.7. The lowest BCUT2D eigenvalue weighted by Crippen LogP contribution is -2.37. The van der Waals surface area contributed by atoms with Gasteiger partial charge in [0.25, 0.3) is 0 Å². The molecule has 2 aromatic heterocycles. The van der Waals surface area contributed by atoms with Crippen molar-refractivity contribution in [3.63, 3.8) is 0 Å². The van der Waals surface area contributed by atoms with Crippen molar-refractivity contribution >= 4 is 32.2 Å². The summed E-state index contributed by atoms with van der Waals surface area (Å²) in [4.78, 5) is 8.73. The first-order chi connectivity index (χ1) is 12.6. The third-order valence-electron chi connectivity index (χ3n) is 5.05. The van der Waals surface area contributed by atoms with E-state index >= 15 is 0 Å². The summed E-state index contributed by atoms with van der Waals surface area (Å²) in [5.74, 6) is 1.66. The summed E-state index contributed by atoms with van der Waals surface area (Å²) in [5, 5.41) is 15.4. The van der Waals surface area contributed by atoms with Crippen molar-refractivity contribution in [1.29, 1.82) is 0 Å². The maximum absolute atomic E-state index is 10.9. The van der Waals surface area contributed by atoms with E-state index < -0.39 is 0 Å². The summed E-state index contributed by atoms with van der Waals surface area (Å²) in [6, 6.07) is 8.45. The molecule has 3 aromatic rings. The fraction of sp³-hybridized carbons (Fsp3) is 0.474. The van der Waals surface area contributed by atoms with E-state index in [0.29, 0.717) is 5.92 Å². The third kappa shape index (κ3) is 3.28. The molecule has 0 bridgehead atoms. The molecule has 1 N–H and O–H groups in total. The van der Waals surface area contributed by atoms with Crippen LogP contribution >= 0.6 is 27.3 Å². The first kappa shape index (κ1) is 17.9. The number of rotatable bonds is 4. The zero-order valence-electron chi connectivity index (χ0n) is 15.0. The Morgan fingerprint density at radius 1 is 1.35 bits per heavy atom. The van der Waals surface area contributed by atoms with E-state index in [-0.39, 0.29) is 11.9 Å². The van der Waals surface area contributed by atoms with Crippen molar-refractivity contribution in [2.75, 3.05) is 13.1 Å². The Bertz CT molecular complexity index is 904. The molecular formula is C19H23BrN4OS. The number of nitrogens with zero attached hydrogens (tertiary/aromatic N) is 4. The molecule has 3 heterocycles. The Balaban J connectivity index is 1.80. The number of fused-ring (bicyclic) bond motifs is 1. The Kier molecular flexibility index (Phi) is 5.03. The highest BCUT2D eigenvalue weighted by atomic mass is 79.9. The van der Waals surface area contributed by atoms with Crippen molar-refractivity contribution < 1.29 is 5.11 Å². The van der Waals surface area contributed by atoms with E-state index in [4.69, 9.17) is 0 Å². The SMILES string of the molecule is CCc1nc2sc([C@@H](c3ccc(Br)cc3)N3CCC[C@H](C)C3)c(O)n2n1. The molecule has 1 saturated heterocycles. The highest BCUT2D eigenvalue weighted by molar-refractivity contribution is 9.10. The number of halogens is 1. The Labute approximate surface area is 165 Å². The van der Waals surface area contributed by atoms with Gasteiger partial charge < -0.3 is 5.11 Å². The predicted octanol–water partition coefficient (Wildman–Crippen LogP) is 4.64. The van der Waals surface area contributed by atoms with Gasteiger partial charge in [0.1, 0.15) is 0 Å². The van der Waals surface area contributed by atoms with Gasteiger partial charge in [-0.1, -0.05) is 53.2 Å². The number of benzene rings is 1. The summed E-state index contributed by atoms with van der Waals surface area (Å²) in [5.41, 5.74) is 1.19. The first-order valence-electron chi connectivity index (χ1n) is 9.13. The number of aromatic nitrogens is 3. The fourth-order valence-electron chi connectivity index (χ4n) is 3.75. The summed E-state index contributed by atoms with van der Waals surface area (Å²) in [7, 11) is 0. The Morgan fingerprint density at radius 2 is 2.12 bits per heavy atom. The van der Waals surface area contributed by atoms with Crippen molar-refractivity contribution in [2.24, 2.45) is 5.92 Å². The lowest BCUT2D eigenvalue weighted by Gasteiger charge is -2.37. The van der Waals surface area contributed by atoms with E-state index in [2.05, 4.69) is 62.1 Å². The summed E-state index contributed by atoms with van der Waals surface area (Å²) >= 11 is 5.07. The maximum atomic E-state index is 10.9. The molecule has 5 nitrogen and oxygen atoms in total. The van der Waals surface area contributed by atoms with Crippen LogP contribution in [-0.4, -0.2) is 37.7 Å². The molecule has 0 amide bonds. The number of likely N-dealkylation sites (tertiary alicyclic amines) is 1. The second-order valence-corrected chi connectivity index (χ2v) is 8.99. The van der Waals surface area contributed by atoms with E-state index in [1.54, 1.807) is 15.9 Å². The van der Waals surface area contributed by atoms with E-state index in [1.807, 2.05) is 6.92 Å². The number of hydrogen-bond donors (Lipinski definition) is 1. The zero-order valence-corrected chi connectivity index (χ0v) is 17.4. The van der Waals surface area contributed by atoms with Crippen LogP contribution in [-0.2, 0) is 6.42 Å². The average Bonchev–Trinajstić information content (AvgIpc) is 3.17. The maximum Gasteiger partial charge on any atom is 0.230 e. The van der Waals surface area contributed by atoms with Crippen molar-refractivity contribution in [3.8, 4) is 5.88 Å². The standard InChI is InChI=1S/C19H23BrN4OS/c1-3-15-21-19-24(22-15)18(25)17(26-19)16(13-6-8-14(20)9-7-13)23-10-4-5-12(2)11-23/h6-9,12,16,25H,3-5,10-11H2,1-2H3/t12-,16+/m0/s1. The average molecular weight is 435 g/mol. The van der Waals surface area contributed by atoms with Gasteiger partial charge in [0.2, 0.25) is 10.8 Å². The largest absolute Gasteiger partial charge is 0.492 e. The molecule has 0 saturated carbocycles. The molecule has 26 heavy (non-hydrogen) atoms. The second-order valence-electron chi connectivity index (χ2n) is 7.06. The van der Waals surface area contributed by atoms with Gasteiger partial charge in [0, 0.05) is 17.4 Å². The molecule has 0 spiro atoms. The van der Waals surface area contributed by atoms with Crippen LogP contribution in [0.25, 0.3) is 4.96 Å². The van der Waals surface area contributed by atoms with E-state index in [9.17, 15) is 5.11 Å². The molecule has 1 aliphatic rings. The van der Waals surface area contributed by atoms with Crippen LogP contribution in [0.1, 0.15) is 49.0 Å². The lowest BCUT2D eigenvalue weighted by atomic mass is 9.95. The number of aromatic hydroxyl groups is 1. The normalized spacial score (nSPS) is 19.9. The highest BCUT2D eigenvalue weighted by Crippen LogP contribution is 2.41. The molecule has 138 valence electrons. The molecule has 1 aromatic carbocycles. The van der Waals surface area contributed by atoms with Gasteiger partial charge in [-0.15, -0.1) is 5.10 Å². The monoisotopic (exact) mass is 434 g/mol. The summed E-state index contributed by atoms with van der Waals surface area (Å²) in [6.45, 7) is 6.41. The Hall–Kier alpha value is -1.44. The fourth-order valence-corrected chi connectivity index (χ4v) is 5.15. The third-order valence-corrected chi connectivity index (χ3v) is 6.65. The van der Waals surface area contributed by atoms with Crippen LogP contribution in [0.4, 0.5) is 0 Å². The molecule has 0 radical (unpaired) electrons. The van der Waals surface area contributed by atoms with Crippen molar-refractivity contribution in [2.45, 2.75) is 39.2 Å². The Morgan fingerprint density at radius 3 is 2.77 bits per heavy atom. The lowest BCUT2D eigenvalue weighted by molar-refractivity contribution is 0.149. The van der Waals surface area contributed by atoms with Gasteiger partial charge >= 0.3 is 0 Å². The van der Waals surface area contributed by atoms with Crippen LogP contribution in [0.5, 0.6) is 5.88 Å². The number of aryl methyl sites for hydroxylation is 1. The molecule has 0 unspecified atom stereocenters. The van der Waals surface area contributed by atoms with Gasteiger partial charge in [-0.2, -0.15) is 4.52 Å². The molecular weight excluding hydrogens is 412 g/mol. The summed E-state index contributed by atoms with van der Waals surface area (Å²) < 4.78 is 2.66. The van der Waals surface area contributed by atoms with Crippen LogP contribution in [0.15, 0.2) is 28.7 Å². The number of hydrogen-bond acceptors (Lipinski definition) is 5. The second kappa shape index (κ2) is 7.29. The minimum Gasteiger partial charge on any atom is -0.492 e. The minimum absolute atomic E-state index is 0.0319. The predicted molar refractivity (Wildman–Crippen MR) is 108 cm³/mol. The van der Waals surface area contributed by atoms with E-state index in [1.165, 1.54) is 18.4 Å². The smallest absolute Gasteiger partial charge is 0.230 e. The molecule has 4 rings (SSSR count). The molecule has 0 aliphatic carbocycles. The molecule has 2 atom stereocenters. The topological polar surface area (TPSA) is 53.7 Å². The highest BCUT2D eigenvalue weighted by Gasteiger charge is 2.31. The van der Waals surface area contributed by atoms with Crippen LogP contribution in [0.2, 0.25) is 0 Å². The minimum atomic E-state index is 0.0319. The van der Waals surface area contributed by atoms with Crippen LogP contribution < -0.4 is 0 Å². The summed E-state index contributed by atoms with van der Waals surface area (Å²) in [6.07, 6.45) is 3.23. The van der Waals surface area contributed by atoms with Crippen molar-refractivity contribution in [3.05, 3.63) is 45.0 Å². The van der Waals surface area contributed by atoms with Gasteiger partial charge in [0.15, 0.2) is 5.82 Å². The van der Waals surface area contributed by atoms with Crippen LogP contribution in [0.3, 0.4) is 0 Å². The molecule has 1 fully saturated rings. The van der Waals surface area contributed by atoms with Gasteiger partial charge in [-0.05, 0) is 43.0 Å². The number of piperidine rings is 1. The molecule has 1 aliphatic heterocycles. The quantitative estimate of drug-likeness (QED) is 0.649. The molecule has 7 heteroatoms. The van der Waals surface area contributed by atoms with Gasteiger partial charge in [-0.25, -0.2) is 4.98 Å². The van der Waals surface area contributed by atoms with E-state index in [0.717, 1.165) is 39.6 Å². The number of thiazole rings is 1.